The Balaban J connectivity index is 0.00000128. The first-order chi connectivity index (χ1) is 7.27. The van der Waals surface area contributed by atoms with E-state index in [-0.39, 0.29) is 47.0 Å². The second-order valence-electron chi connectivity index (χ2n) is 3.31. The monoisotopic (exact) mass is 348 g/mol. The second kappa shape index (κ2) is 5.83. The van der Waals surface area contributed by atoms with Crippen LogP contribution in [-0.4, -0.2) is 32.1 Å². The molecule has 1 aromatic rings. The molecule has 5 heteroatoms. The first-order valence-electron chi connectivity index (χ1n) is 4.74. The van der Waals surface area contributed by atoms with Crippen molar-refractivity contribution < 1.29 is 55.9 Å². The van der Waals surface area contributed by atoms with Gasteiger partial charge in [0.15, 0.2) is 11.5 Å². The third-order valence-corrected chi connectivity index (χ3v) is 2.51. The normalized spacial score (nSPS) is 12.6. The number of fused-ring (bicyclic) bond motifs is 1. The van der Waals surface area contributed by atoms with Crippen molar-refractivity contribution in [3.63, 3.8) is 0 Å². The van der Waals surface area contributed by atoms with E-state index < -0.39 is 0 Å². The largest absolute Gasteiger partial charge is 0.504 e. The Bertz CT molecular complexity index is 418. The van der Waals surface area contributed by atoms with Gasteiger partial charge in [0.1, 0.15) is 0 Å². The number of rotatable bonds is 2. The van der Waals surface area contributed by atoms with Crippen LogP contribution in [0.2, 0.25) is 0 Å². The number of hydrogen-bond donors (Lipinski definition) is 1. The fourth-order valence-electron chi connectivity index (χ4n) is 1.75. The average Bonchev–Trinajstić information content (AvgIpc) is 2.29. The van der Waals surface area contributed by atoms with E-state index in [0.29, 0.717) is 18.0 Å². The number of aliphatic imine (C=N–C) groups is 1. The van der Waals surface area contributed by atoms with Crippen molar-refractivity contribution in [1.29, 1.82) is 0 Å². The fraction of sp³-hybridized carbons (Fsp3) is 0.364. The van der Waals surface area contributed by atoms with Crippen LogP contribution in [0.5, 0.6) is 17.2 Å². The second-order valence-corrected chi connectivity index (χ2v) is 3.31. The molecule has 1 N–H and O–H groups in total. The summed E-state index contributed by atoms with van der Waals surface area (Å²) in [6.45, 7) is 0.704. The van der Waals surface area contributed by atoms with Crippen LogP contribution in [0.3, 0.4) is 0 Å². The van der Waals surface area contributed by atoms with Crippen LogP contribution in [-0.2, 0) is 6.42 Å². The molecule has 1 aliphatic heterocycles. The maximum absolute atomic E-state index is 9.98. The summed E-state index contributed by atoms with van der Waals surface area (Å²) in [7, 11) is 3.06. The van der Waals surface area contributed by atoms with Crippen LogP contribution in [0.25, 0.3) is 0 Å². The van der Waals surface area contributed by atoms with Gasteiger partial charge >= 0.3 is 0 Å². The van der Waals surface area contributed by atoms with Gasteiger partial charge < -0.3 is 14.6 Å². The SMILES string of the molecule is COc1cc2c(c(O)c1OC)CCN=C2.[Pr]. The maximum atomic E-state index is 9.98. The van der Waals surface area contributed by atoms with E-state index in [9.17, 15) is 5.11 Å². The molecule has 1 aliphatic rings. The number of hydrogen-bond acceptors (Lipinski definition) is 4. The zero-order valence-electron chi connectivity index (χ0n) is 9.36. The first-order valence-corrected chi connectivity index (χ1v) is 4.74. The summed E-state index contributed by atoms with van der Waals surface area (Å²) in [6.07, 6.45) is 2.48. The van der Waals surface area contributed by atoms with Crippen molar-refractivity contribution >= 4 is 6.21 Å². The molecule has 2 rings (SSSR count). The third kappa shape index (κ3) is 2.33. The van der Waals surface area contributed by atoms with Crippen LogP contribution < -0.4 is 9.47 Å². The van der Waals surface area contributed by atoms with E-state index in [2.05, 4.69) is 4.99 Å². The molecule has 0 saturated carbocycles. The van der Waals surface area contributed by atoms with Crippen LogP contribution in [0, 0.1) is 41.3 Å². The van der Waals surface area contributed by atoms with E-state index in [4.69, 9.17) is 9.47 Å². The first kappa shape index (κ1) is 13.7. The molecule has 0 saturated heterocycles. The molecule has 0 spiro atoms. The van der Waals surface area contributed by atoms with E-state index in [1.54, 1.807) is 13.3 Å². The van der Waals surface area contributed by atoms with Gasteiger partial charge in [0.2, 0.25) is 5.75 Å². The zero-order chi connectivity index (χ0) is 10.8. The van der Waals surface area contributed by atoms with Crippen LogP contribution in [0.15, 0.2) is 11.1 Å². The summed E-state index contributed by atoms with van der Waals surface area (Å²) in [5.74, 6) is 1.09. The minimum atomic E-state index is 0. The van der Waals surface area contributed by atoms with Gasteiger partial charge in [0.05, 0.1) is 14.2 Å². The average molecular weight is 348 g/mol. The number of methoxy groups -OCH3 is 2. The quantitative estimate of drug-likeness (QED) is 0.879. The van der Waals surface area contributed by atoms with Crippen molar-refractivity contribution in [2.75, 3.05) is 20.8 Å². The predicted octanol–water partition coefficient (Wildman–Crippen LogP) is 1.38. The Morgan fingerprint density at radius 2 is 2.06 bits per heavy atom. The summed E-state index contributed by atoms with van der Waals surface area (Å²) >= 11 is 0. The van der Waals surface area contributed by atoms with Crippen molar-refractivity contribution in [2.45, 2.75) is 6.42 Å². The maximum Gasteiger partial charge on any atom is 0.203 e. The van der Waals surface area contributed by atoms with Crippen LogP contribution in [0.1, 0.15) is 11.1 Å². The number of ether oxygens (including phenoxy) is 2. The summed E-state index contributed by atoms with van der Waals surface area (Å²) in [6, 6.07) is 1.83. The number of phenols is 1. The summed E-state index contributed by atoms with van der Waals surface area (Å²) in [4.78, 5) is 4.16. The Labute approximate surface area is 128 Å². The van der Waals surface area contributed by atoms with Gasteiger partial charge in [-0.1, -0.05) is 0 Å². The van der Waals surface area contributed by atoms with Gasteiger partial charge in [0, 0.05) is 65.2 Å². The zero-order valence-corrected chi connectivity index (χ0v) is 13.1. The number of phenolic OH excluding ortho intramolecular Hbond substituents is 1. The number of aromatic hydroxyl groups is 1. The molecule has 83 valence electrons. The van der Waals surface area contributed by atoms with Crippen molar-refractivity contribution in [3.05, 3.63) is 17.2 Å². The van der Waals surface area contributed by atoms with Crippen molar-refractivity contribution in [3.8, 4) is 17.2 Å². The Morgan fingerprint density at radius 3 is 2.69 bits per heavy atom. The molecule has 0 amide bonds. The standard InChI is InChI=1S/C11H13NO3.Pr/c1-14-9-5-7-6-12-4-3-8(7)10(13)11(9)15-2;/h5-6,13H,3-4H2,1-2H3;. The van der Waals surface area contributed by atoms with Crippen molar-refractivity contribution in [2.24, 2.45) is 4.99 Å². The van der Waals surface area contributed by atoms with Crippen LogP contribution in [0.4, 0.5) is 0 Å². The summed E-state index contributed by atoms with van der Waals surface area (Å²) in [5.41, 5.74) is 1.78. The third-order valence-electron chi connectivity index (χ3n) is 2.51. The van der Waals surface area contributed by atoms with Crippen LogP contribution >= 0.6 is 0 Å². The molecule has 1 aromatic carbocycles. The molecule has 0 atom stereocenters. The fourth-order valence-corrected chi connectivity index (χ4v) is 1.75. The molecule has 0 fully saturated rings. The smallest absolute Gasteiger partial charge is 0.203 e. The Kier molecular flexibility index (Phi) is 5.00. The molecular weight excluding hydrogens is 335 g/mol. The Hall–Kier alpha value is -0.346. The molecule has 16 heavy (non-hydrogen) atoms. The predicted molar refractivity (Wildman–Crippen MR) is 57.4 cm³/mol. The van der Waals surface area contributed by atoms with E-state index in [0.717, 1.165) is 17.5 Å². The molecule has 0 bridgehead atoms. The topological polar surface area (TPSA) is 51.0 Å². The number of nitrogens with zero attached hydrogens (tertiary/aromatic N) is 1. The van der Waals surface area contributed by atoms with Gasteiger partial charge in [-0.25, -0.2) is 0 Å². The summed E-state index contributed by atoms with van der Waals surface area (Å²) in [5, 5.41) is 9.98. The molecular formula is C11H13NO3Pr. The molecule has 0 unspecified atom stereocenters. The van der Waals surface area contributed by atoms with Gasteiger partial charge in [-0.3, -0.25) is 4.99 Å². The van der Waals surface area contributed by atoms with E-state index in [1.807, 2.05) is 6.07 Å². The van der Waals surface area contributed by atoms with Gasteiger partial charge in [-0.05, 0) is 12.5 Å². The molecule has 1 heterocycles. The molecule has 4 nitrogen and oxygen atoms in total. The minimum Gasteiger partial charge on any atom is -0.504 e. The number of benzene rings is 1. The molecule has 0 aliphatic carbocycles. The van der Waals surface area contributed by atoms with Crippen molar-refractivity contribution in [1.82, 2.24) is 0 Å². The van der Waals surface area contributed by atoms with Gasteiger partial charge in [-0.15, -0.1) is 0 Å². The Morgan fingerprint density at radius 1 is 1.31 bits per heavy atom. The van der Waals surface area contributed by atoms with E-state index in [1.165, 1.54) is 7.11 Å². The van der Waals surface area contributed by atoms with E-state index >= 15 is 0 Å². The summed E-state index contributed by atoms with van der Waals surface area (Å²) < 4.78 is 10.3. The van der Waals surface area contributed by atoms with Gasteiger partial charge in [0.25, 0.3) is 0 Å². The van der Waals surface area contributed by atoms with Gasteiger partial charge in [-0.2, -0.15) is 0 Å². The minimum absolute atomic E-state index is 0. The molecule has 1 radical (unpaired) electrons. The molecule has 0 aromatic heterocycles.